The number of fused-ring (bicyclic) bond motifs is 2. The topological polar surface area (TPSA) is 80.9 Å². The molecule has 0 saturated heterocycles. The molecule has 0 amide bonds. The largest absolute Gasteiger partial charge is 0.508 e. The Kier molecular flexibility index (Phi) is 4.12. The van der Waals surface area contributed by atoms with Crippen molar-refractivity contribution in [3.8, 4) is 23.0 Å². The fraction of sp³-hybridized carbons (Fsp3) is 0. The van der Waals surface area contributed by atoms with Crippen molar-refractivity contribution in [1.29, 1.82) is 0 Å². The number of benzene rings is 4. The first kappa shape index (κ1) is 15.5. The Labute approximate surface area is 138 Å². The minimum absolute atomic E-state index is 0.198. The van der Waals surface area contributed by atoms with Crippen molar-refractivity contribution in [3.05, 3.63) is 72.8 Å². The van der Waals surface area contributed by atoms with Crippen LogP contribution in [-0.4, -0.2) is 20.4 Å². The fourth-order valence-electron chi connectivity index (χ4n) is 2.50. The third kappa shape index (κ3) is 3.17. The number of phenolic OH excluding ortho intramolecular Hbond substituents is 4. The lowest BCUT2D eigenvalue weighted by molar-refractivity contribution is 0.474. The number of phenols is 4. The molecule has 0 aliphatic rings. The molecule has 0 aliphatic carbocycles. The maximum atomic E-state index is 9.38. The molecule has 0 bridgehead atoms. The highest BCUT2D eigenvalue weighted by Gasteiger charge is 2.01. The Bertz CT molecular complexity index is 931. The Morgan fingerprint density at radius 1 is 0.458 bits per heavy atom. The van der Waals surface area contributed by atoms with Gasteiger partial charge in [0.25, 0.3) is 0 Å². The van der Waals surface area contributed by atoms with Crippen LogP contribution in [0.1, 0.15) is 0 Å². The Morgan fingerprint density at radius 2 is 0.917 bits per heavy atom. The molecule has 120 valence electrons. The second-order valence-electron chi connectivity index (χ2n) is 5.37. The number of hydrogen-bond donors (Lipinski definition) is 4. The van der Waals surface area contributed by atoms with Gasteiger partial charge in [0.1, 0.15) is 23.0 Å². The summed E-state index contributed by atoms with van der Waals surface area (Å²) in [5, 5.41) is 40.3. The molecule has 0 spiro atoms. The summed E-state index contributed by atoms with van der Waals surface area (Å²) in [6.07, 6.45) is 0. The maximum Gasteiger partial charge on any atom is 0.123 e. The molecule has 4 rings (SSSR count). The molecule has 24 heavy (non-hydrogen) atoms. The van der Waals surface area contributed by atoms with Crippen LogP contribution in [0.3, 0.4) is 0 Å². The molecule has 0 radical (unpaired) electrons. The Balaban J connectivity index is 0.000000141. The minimum Gasteiger partial charge on any atom is -0.508 e. The molecule has 0 fully saturated rings. The van der Waals surface area contributed by atoms with Gasteiger partial charge in [-0.15, -0.1) is 0 Å². The molecule has 0 heterocycles. The lowest BCUT2D eigenvalue weighted by Crippen LogP contribution is -1.73. The van der Waals surface area contributed by atoms with Crippen molar-refractivity contribution >= 4 is 21.5 Å². The summed E-state index contributed by atoms with van der Waals surface area (Å²) in [6.45, 7) is 0. The van der Waals surface area contributed by atoms with Gasteiger partial charge in [-0.2, -0.15) is 0 Å². The summed E-state index contributed by atoms with van der Waals surface area (Å²) in [7, 11) is 0. The zero-order chi connectivity index (χ0) is 17.1. The van der Waals surface area contributed by atoms with Crippen molar-refractivity contribution < 1.29 is 20.4 Å². The van der Waals surface area contributed by atoms with Gasteiger partial charge in [-0.3, -0.25) is 0 Å². The molecular weight excluding hydrogens is 304 g/mol. The first-order chi connectivity index (χ1) is 11.5. The molecule has 4 N–H and O–H groups in total. The van der Waals surface area contributed by atoms with E-state index in [1.807, 2.05) is 12.1 Å². The highest BCUT2D eigenvalue weighted by molar-refractivity contribution is 5.92. The molecule has 0 unspecified atom stereocenters. The van der Waals surface area contributed by atoms with Crippen LogP contribution in [0.2, 0.25) is 0 Å². The predicted octanol–water partition coefficient (Wildman–Crippen LogP) is 4.50. The van der Waals surface area contributed by atoms with E-state index < -0.39 is 0 Å². The van der Waals surface area contributed by atoms with E-state index in [9.17, 15) is 10.2 Å². The lowest BCUT2D eigenvalue weighted by atomic mass is 10.1. The maximum absolute atomic E-state index is 9.38. The van der Waals surface area contributed by atoms with Gasteiger partial charge in [0.15, 0.2) is 0 Å². The van der Waals surface area contributed by atoms with Crippen molar-refractivity contribution in [2.75, 3.05) is 0 Å². The fourth-order valence-corrected chi connectivity index (χ4v) is 2.50. The van der Waals surface area contributed by atoms with Crippen molar-refractivity contribution in [2.45, 2.75) is 0 Å². The standard InChI is InChI=1S/2C10H8O2/c11-9-3-1-7-2-4-10(12)6-8(7)5-9;11-9-5-1-3-7-8(9)4-2-6-10(7)12/h2*1-6,11-12H. The predicted molar refractivity (Wildman–Crippen MR) is 94.6 cm³/mol. The third-order valence-electron chi connectivity index (χ3n) is 3.68. The van der Waals surface area contributed by atoms with Crippen molar-refractivity contribution in [2.24, 2.45) is 0 Å². The van der Waals surface area contributed by atoms with Gasteiger partial charge < -0.3 is 20.4 Å². The number of aromatic hydroxyl groups is 4. The highest BCUT2D eigenvalue weighted by Crippen LogP contribution is 2.30. The van der Waals surface area contributed by atoms with Crippen LogP contribution < -0.4 is 0 Å². The van der Waals surface area contributed by atoms with Crippen LogP contribution in [0.5, 0.6) is 23.0 Å². The van der Waals surface area contributed by atoms with E-state index in [1.54, 1.807) is 60.7 Å². The van der Waals surface area contributed by atoms with Crippen LogP contribution in [0.4, 0.5) is 0 Å². The van der Waals surface area contributed by atoms with Gasteiger partial charge in [0.2, 0.25) is 0 Å². The van der Waals surface area contributed by atoms with Crippen LogP contribution in [0, 0.1) is 0 Å². The smallest absolute Gasteiger partial charge is 0.123 e. The Hall–Kier alpha value is -3.40. The van der Waals surface area contributed by atoms with E-state index in [1.165, 1.54) is 0 Å². The van der Waals surface area contributed by atoms with Crippen molar-refractivity contribution in [3.63, 3.8) is 0 Å². The number of rotatable bonds is 0. The molecule has 0 aromatic heterocycles. The van der Waals surface area contributed by atoms with Crippen molar-refractivity contribution in [1.82, 2.24) is 0 Å². The molecule has 0 aliphatic heterocycles. The molecular formula is C20H16O4. The number of hydrogen-bond acceptors (Lipinski definition) is 4. The normalized spacial score (nSPS) is 10.3. The summed E-state index contributed by atoms with van der Waals surface area (Å²) in [5.74, 6) is 0.827. The molecule has 4 nitrogen and oxygen atoms in total. The minimum atomic E-state index is 0.198. The summed E-state index contributed by atoms with van der Waals surface area (Å²) >= 11 is 0. The van der Waals surface area contributed by atoms with Gasteiger partial charge in [-0.1, -0.05) is 36.4 Å². The van der Waals surface area contributed by atoms with Gasteiger partial charge >= 0.3 is 0 Å². The zero-order valence-corrected chi connectivity index (χ0v) is 12.7. The second-order valence-corrected chi connectivity index (χ2v) is 5.37. The summed E-state index contributed by atoms with van der Waals surface area (Å²) in [6, 6.07) is 20.3. The zero-order valence-electron chi connectivity index (χ0n) is 12.7. The highest BCUT2D eigenvalue weighted by atomic mass is 16.3. The van der Waals surface area contributed by atoms with E-state index in [-0.39, 0.29) is 23.0 Å². The van der Waals surface area contributed by atoms with Crippen LogP contribution in [0.15, 0.2) is 72.8 Å². The Morgan fingerprint density at radius 3 is 1.38 bits per heavy atom. The van der Waals surface area contributed by atoms with Crippen LogP contribution in [-0.2, 0) is 0 Å². The van der Waals surface area contributed by atoms with Gasteiger partial charge in [0, 0.05) is 10.8 Å². The van der Waals surface area contributed by atoms with Crippen LogP contribution in [0.25, 0.3) is 21.5 Å². The third-order valence-corrected chi connectivity index (χ3v) is 3.68. The van der Waals surface area contributed by atoms with Gasteiger partial charge in [0.05, 0.1) is 0 Å². The van der Waals surface area contributed by atoms with E-state index in [4.69, 9.17) is 10.2 Å². The molecule has 0 atom stereocenters. The lowest BCUT2D eigenvalue weighted by Gasteiger charge is -2.01. The van der Waals surface area contributed by atoms with E-state index in [0.29, 0.717) is 10.8 Å². The monoisotopic (exact) mass is 320 g/mol. The molecule has 4 heteroatoms. The molecule has 0 saturated carbocycles. The van der Waals surface area contributed by atoms with Gasteiger partial charge in [-0.05, 0) is 47.2 Å². The summed E-state index contributed by atoms with van der Waals surface area (Å²) in [5.41, 5.74) is 0. The SMILES string of the molecule is Oc1ccc2ccc(O)cc2c1.Oc1cccc2c(O)cccc12. The first-order valence-corrected chi connectivity index (χ1v) is 7.36. The van der Waals surface area contributed by atoms with Crippen LogP contribution >= 0.6 is 0 Å². The summed E-state index contributed by atoms with van der Waals surface area (Å²) in [4.78, 5) is 0. The van der Waals surface area contributed by atoms with Gasteiger partial charge in [-0.25, -0.2) is 0 Å². The average molecular weight is 320 g/mol. The molecule has 4 aromatic rings. The summed E-state index contributed by atoms with van der Waals surface area (Å²) < 4.78 is 0. The average Bonchev–Trinajstić information content (AvgIpc) is 2.56. The first-order valence-electron chi connectivity index (χ1n) is 7.36. The second kappa shape index (κ2) is 6.38. The van der Waals surface area contributed by atoms with E-state index in [2.05, 4.69) is 0 Å². The van der Waals surface area contributed by atoms with E-state index >= 15 is 0 Å². The van der Waals surface area contributed by atoms with E-state index in [0.717, 1.165) is 10.8 Å². The molecule has 4 aromatic carbocycles. The quantitative estimate of drug-likeness (QED) is 0.384.